The van der Waals surface area contributed by atoms with Crippen LogP contribution in [-0.2, 0) is 11.3 Å². The highest BCUT2D eigenvalue weighted by molar-refractivity contribution is 7.99. The third kappa shape index (κ3) is 4.50. The molecule has 0 atom stereocenters. The van der Waals surface area contributed by atoms with Crippen molar-refractivity contribution in [3.63, 3.8) is 0 Å². The number of aryl methyl sites for hydroxylation is 1. The minimum atomic E-state index is -0.466. The number of para-hydroxylation sites is 2. The minimum absolute atomic E-state index is 0.0395. The third-order valence-electron chi connectivity index (χ3n) is 4.00. The van der Waals surface area contributed by atoms with Crippen molar-refractivity contribution in [2.24, 2.45) is 0 Å². The molecule has 2 amide bonds. The first-order chi connectivity index (χ1) is 13.6. The van der Waals surface area contributed by atoms with Crippen LogP contribution in [0.3, 0.4) is 0 Å². The van der Waals surface area contributed by atoms with Crippen molar-refractivity contribution in [1.82, 2.24) is 14.9 Å². The van der Waals surface area contributed by atoms with E-state index in [2.05, 4.69) is 16.4 Å². The van der Waals surface area contributed by atoms with Gasteiger partial charge in [0, 0.05) is 12.1 Å². The zero-order chi connectivity index (χ0) is 19.9. The van der Waals surface area contributed by atoms with Gasteiger partial charge in [-0.15, -0.1) is 0 Å². The molecule has 0 radical (unpaired) electrons. The molecule has 1 heterocycles. The number of aromatic nitrogens is 2. The maximum atomic E-state index is 12.2. The van der Waals surface area contributed by atoms with Crippen LogP contribution in [0.4, 0.5) is 0 Å². The van der Waals surface area contributed by atoms with E-state index in [-0.39, 0.29) is 5.75 Å². The average molecular weight is 394 g/mol. The number of carbonyl (C=O) groups is 2. The van der Waals surface area contributed by atoms with E-state index in [1.807, 2.05) is 28.8 Å². The lowest BCUT2D eigenvalue weighted by Gasteiger charge is -2.07. The highest BCUT2D eigenvalue weighted by atomic mass is 32.2. The van der Waals surface area contributed by atoms with Gasteiger partial charge in [0.2, 0.25) is 5.91 Å². The molecule has 3 aromatic rings. The lowest BCUT2D eigenvalue weighted by atomic mass is 10.2. The van der Waals surface area contributed by atoms with Crippen molar-refractivity contribution in [1.29, 1.82) is 5.26 Å². The molecule has 0 unspecified atom stereocenters. The lowest BCUT2D eigenvalue weighted by molar-refractivity contribution is -0.117. The van der Waals surface area contributed by atoms with Crippen LogP contribution in [0.1, 0.15) is 16.8 Å². The van der Waals surface area contributed by atoms with Gasteiger partial charge >= 0.3 is 0 Å². The van der Waals surface area contributed by atoms with Crippen LogP contribution in [0.25, 0.3) is 11.0 Å². The Morgan fingerprint density at radius 1 is 1.21 bits per heavy atom. The molecule has 0 saturated carbocycles. The van der Waals surface area contributed by atoms with Gasteiger partial charge in [-0.1, -0.05) is 23.9 Å². The molecule has 1 aromatic heterocycles. The summed E-state index contributed by atoms with van der Waals surface area (Å²) in [4.78, 5) is 28.9. The standard InChI is InChI=1S/C20H18N4O3S/c1-27-15-9-7-14(8-10-15)19(26)23-18(25)13-28-20-22-16-5-2-3-6-17(16)24(20)12-4-11-21/h2-3,5-10H,4,12-13H2,1H3,(H,23,25,26). The monoisotopic (exact) mass is 394 g/mol. The molecule has 8 heteroatoms. The van der Waals surface area contributed by atoms with Gasteiger partial charge < -0.3 is 9.30 Å². The predicted molar refractivity (Wildman–Crippen MR) is 106 cm³/mol. The number of rotatable bonds is 7. The number of fused-ring (bicyclic) bond motifs is 1. The number of imidazole rings is 1. The lowest BCUT2D eigenvalue weighted by Crippen LogP contribution is -2.31. The maximum Gasteiger partial charge on any atom is 0.257 e. The van der Waals surface area contributed by atoms with Crippen LogP contribution in [0.2, 0.25) is 0 Å². The fraction of sp³-hybridized carbons (Fsp3) is 0.200. The van der Waals surface area contributed by atoms with E-state index in [0.29, 0.717) is 29.4 Å². The summed E-state index contributed by atoms with van der Waals surface area (Å²) in [6.07, 6.45) is 0.343. The number of nitrogens with one attached hydrogen (secondary N) is 1. The molecule has 0 aliphatic carbocycles. The first-order valence-electron chi connectivity index (χ1n) is 8.55. The average Bonchev–Trinajstić information content (AvgIpc) is 3.08. The number of hydrogen-bond donors (Lipinski definition) is 1. The fourth-order valence-corrected chi connectivity index (χ4v) is 3.49. The Morgan fingerprint density at radius 2 is 1.96 bits per heavy atom. The smallest absolute Gasteiger partial charge is 0.257 e. The molecule has 2 aromatic carbocycles. The van der Waals surface area contributed by atoms with E-state index >= 15 is 0 Å². The van der Waals surface area contributed by atoms with E-state index in [9.17, 15) is 9.59 Å². The highest BCUT2D eigenvalue weighted by Gasteiger charge is 2.15. The largest absolute Gasteiger partial charge is 0.497 e. The number of amides is 2. The topological polar surface area (TPSA) is 97.0 Å². The quantitative estimate of drug-likeness (QED) is 0.619. The number of hydrogen-bond acceptors (Lipinski definition) is 6. The van der Waals surface area contributed by atoms with Gasteiger partial charge in [0.25, 0.3) is 5.91 Å². The Kier molecular flexibility index (Phi) is 6.29. The number of methoxy groups -OCH3 is 1. The second-order valence-electron chi connectivity index (χ2n) is 5.84. The first kappa shape index (κ1) is 19.5. The molecule has 7 nitrogen and oxygen atoms in total. The predicted octanol–water partition coefficient (Wildman–Crippen LogP) is 3.01. The van der Waals surface area contributed by atoms with Crippen LogP contribution in [0, 0.1) is 11.3 Å². The number of benzene rings is 2. The van der Waals surface area contributed by atoms with Crippen LogP contribution >= 0.6 is 11.8 Å². The summed E-state index contributed by atoms with van der Waals surface area (Å²) in [7, 11) is 1.54. The van der Waals surface area contributed by atoms with Crippen LogP contribution in [0.5, 0.6) is 5.75 Å². The van der Waals surface area contributed by atoms with Gasteiger partial charge in [0.15, 0.2) is 5.16 Å². The summed E-state index contributed by atoms with van der Waals surface area (Å²) < 4.78 is 6.97. The molecule has 0 fully saturated rings. The second kappa shape index (κ2) is 9.06. The normalized spacial score (nSPS) is 10.4. The summed E-state index contributed by atoms with van der Waals surface area (Å²) >= 11 is 1.23. The van der Waals surface area contributed by atoms with Crippen molar-refractivity contribution in [2.75, 3.05) is 12.9 Å². The van der Waals surface area contributed by atoms with Crippen molar-refractivity contribution >= 4 is 34.6 Å². The van der Waals surface area contributed by atoms with Crippen molar-refractivity contribution < 1.29 is 14.3 Å². The summed E-state index contributed by atoms with van der Waals surface area (Å²) in [6, 6.07) is 16.2. The Balaban J connectivity index is 1.65. The van der Waals surface area contributed by atoms with Gasteiger partial charge in [0.05, 0.1) is 36.4 Å². The van der Waals surface area contributed by atoms with Crippen molar-refractivity contribution in [2.45, 2.75) is 18.1 Å². The van der Waals surface area contributed by atoms with Crippen molar-refractivity contribution in [3.05, 3.63) is 54.1 Å². The Hall–Kier alpha value is -3.31. The molecule has 0 aliphatic rings. The van der Waals surface area contributed by atoms with Gasteiger partial charge in [0.1, 0.15) is 5.75 Å². The van der Waals surface area contributed by atoms with E-state index < -0.39 is 11.8 Å². The van der Waals surface area contributed by atoms with Gasteiger partial charge in [-0.05, 0) is 36.4 Å². The zero-order valence-corrected chi connectivity index (χ0v) is 16.0. The van der Waals surface area contributed by atoms with Crippen LogP contribution in [0.15, 0.2) is 53.7 Å². The van der Waals surface area contributed by atoms with Crippen LogP contribution in [-0.4, -0.2) is 34.2 Å². The van der Waals surface area contributed by atoms with Gasteiger partial charge in [-0.3, -0.25) is 14.9 Å². The van der Waals surface area contributed by atoms with E-state index in [4.69, 9.17) is 10.00 Å². The van der Waals surface area contributed by atoms with Gasteiger partial charge in [-0.25, -0.2) is 4.98 Å². The van der Waals surface area contributed by atoms with E-state index in [0.717, 1.165) is 11.0 Å². The van der Waals surface area contributed by atoms with Crippen molar-refractivity contribution in [3.8, 4) is 11.8 Å². The number of carbonyl (C=O) groups excluding carboxylic acids is 2. The molecule has 142 valence electrons. The molecule has 0 saturated heterocycles. The summed E-state index contributed by atoms with van der Waals surface area (Å²) in [5.74, 6) is -0.205. The number of nitriles is 1. The van der Waals surface area contributed by atoms with Gasteiger partial charge in [-0.2, -0.15) is 5.26 Å². The molecule has 28 heavy (non-hydrogen) atoms. The SMILES string of the molecule is COc1ccc(C(=O)NC(=O)CSc2nc3ccccc3n2CCC#N)cc1. The number of thioether (sulfide) groups is 1. The Bertz CT molecular complexity index is 1040. The number of imide groups is 1. The minimum Gasteiger partial charge on any atom is -0.497 e. The molecule has 0 aliphatic heterocycles. The Morgan fingerprint density at radius 3 is 2.68 bits per heavy atom. The molecule has 3 rings (SSSR count). The molecule has 0 bridgehead atoms. The number of ether oxygens (including phenoxy) is 1. The van der Waals surface area contributed by atoms with E-state index in [1.165, 1.54) is 11.8 Å². The maximum absolute atomic E-state index is 12.2. The third-order valence-corrected chi connectivity index (χ3v) is 4.98. The summed E-state index contributed by atoms with van der Waals surface area (Å²) in [5.41, 5.74) is 2.09. The first-order valence-corrected chi connectivity index (χ1v) is 9.54. The Labute approximate surface area is 166 Å². The highest BCUT2D eigenvalue weighted by Crippen LogP contribution is 2.24. The molecular weight excluding hydrogens is 376 g/mol. The summed E-state index contributed by atoms with van der Waals surface area (Å²) in [6.45, 7) is 0.492. The number of nitrogens with zero attached hydrogens (tertiary/aromatic N) is 3. The molecule has 1 N–H and O–H groups in total. The fourth-order valence-electron chi connectivity index (χ4n) is 2.65. The molecule has 0 spiro atoms. The van der Waals surface area contributed by atoms with E-state index in [1.54, 1.807) is 31.4 Å². The van der Waals surface area contributed by atoms with Crippen LogP contribution < -0.4 is 10.1 Å². The zero-order valence-electron chi connectivity index (χ0n) is 15.2. The molecular formula is C20H18N4O3S. The summed E-state index contributed by atoms with van der Waals surface area (Å²) in [5, 5.41) is 11.9. The second-order valence-corrected chi connectivity index (χ2v) is 6.78.